The van der Waals surface area contributed by atoms with E-state index in [0.717, 1.165) is 11.3 Å². The van der Waals surface area contributed by atoms with Gasteiger partial charge in [-0.25, -0.2) is 15.0 Å². The topological polar surface area (TPSA) is 103 Å². The van der Waals surface area contributed by atoms with E-state index in [1.165, 1.54) is 0 Å². The Balaban J connectivity index is 1.88. The number of nitrogens with one attached hydrogen (secondary N) is 1. The molecule has 1 aromatic carbocycles. The van der Waals surface area contributed by atoms with Crippen molar-refractivity contribution >= 4 is 17.5 Å². The van der Waals surface area contributed by atoms with Crippen LogP contribution in [0.15, 0.2) is 54.9 Å². The molecule has 0 atom stereocenters. The number of primary amides is 1. The molecular formula is C17H15N5O2. The van der Waals surface area contributed by atoms with Gasteiger partial charge in [-0.15, -0.1) is 0 Å². The maximum absolute atomic E-state index is 11.3. The molecule has 0 spiro atoms. The van der Waals surface area contributed by atoms with Gasteiger partial charge >= 0.3 is 0 Å². The highest BCUT2D eigenvalue weighted by atomic mass is 16.5. The van der Waals surface area contributed by atoms with E-state index < -0.39 is 5.91 Å². The van der Waals surface area contributed by atoms with Crippen molar-refractivity contribution in [3.05, 3.63) is 60.4 Å². The van der Waals surface area contributed by atoms with Crippen molar-refractivity contribution in [2.24, 2.45) is 5.73 Å². The summed E-state index contributed by atoms with van der Waals surface area (Å²) in [7, 11) is 1.56. The molecule has 2 heterocycles. The summed E-state index contributed by atoms with van der Waals surface area (Å²) in [5.41, 5.74) is 7.96. The lowest BCUT2D eigenvalue weighted by Crippen LogP contribution is -2.11. The number of anilines is 2. The van der Waals surface area contributed by atoms with Crippen LogP contribution in [0.4, 0.5) is 11.6 Å². The molecule has 3 aromatic rings. The number of ether oxygens (including phenoxy) is 1. The molecule has 0 aliphatic carbocycles. The first-order chi connectivity index (χ1) is 11.7. The molecular weight excluding hydrogens is 306 g/mol. The summed E-state index contributed by atoms with van der Waals surface area (Å²) in [5.74, 6) is 0.428. The largest absolute Gasteiger partial charge is 0.481 e. The van der Waals surface area contributed by atoms with Gasteiger partial charge in [-0.3, -0.25) is 4.79 Å². The van der Waals surface area contributed by atoms with Crippen LogP contribution in [0.1, 0.15) is 10.4 Å². The van der Waals surface area contributed by atoms with E-state index in [9.17, 15) is 4.79 Å². The standard InChI is InChI=1S/C17H15N5O2/c1-24-15-10-11(5-7-19-15)14-6-8-20-17(22-14)21-13-4-2-3-12(9-13)16(18)23/h2-10H,1H3,(H2,18,23)(H,20,21,22). The fourth-order valence-corrected chi connectivity index (χ4v) is 2.14. The first kappa shape index (κ1) is 15.4. The molecule has 3 rings (SSSR count). The minimum atomic E-state index is -0.489. The van der Waals surface area contributed by atoms with E-state index in [1.807, 2.05) is 6.07 Å². The molecule has 0 bridgehead atoms. The molecule has 0 saturated carbocycles. The minimum absolute atomic E-state index is 0.407. The van der Waals surface area contributed by atoms with Gasteiger partial charge in [0.05, 0.1) is 12.8 Å². The van der Waals surface area contributed by atoms with Crippen molar-refractivity contribution in [2.45, 2.75) is 0 Å². The SMILES string of the molecule is COc1cc(-c2ccnc(Nc3cccc(C(N)=O)c3)n2)ccn1. The number of pyridine rings is 1. The van der Waals surface area contributed by atoms with Gasteiger partial charge < -0.3 is 15.8 Å². The van der Waals surface area contributed by atoms with Gasteiger partial charge in [-0.05, 0) is 30.3 Å². The molecule has 3 N–H and O–H groups in total. The first-order valence-electron chi connectivity index (χ1n) is 7.16. The van der Waals surface area contributed by atoms with Gasteiger partial charge in [0.25, 0.3) is 0 Å². The van der Waals surface area contributed by atoms with E-state index in [-0.39, 0.29) is 0 Å². The number of rotatable bonds is 5. The Bertz CT molecular complexity index is 882. The third kappa shape index (κ3) is 3.46. The molecule has 120 valence electrons. The Morgan fingerprint density at radius 3 is 2.75 bits per heavy atom. The Hall–Kier alpha value is -3.48. The number of carbonyl (C=O) groups is 1. The molecule has 0 saturated heterocycles. The van der Waals surface area contributed by atoms with Crippen molar-refractivity contribution < 1.29 is 9.53 Å². The number of nitrogens with zero attached hydrogens (tertiary/aromatic N) is 3. The number of benzene rings is 1. The van der Waals surface area contributed by atoms with Crippen LogP contribution >= 0.6 is 0 Å². The molecule has 7 nitrogen and oxygen atoms in total. The van der Waals surface area contributed by atoms with Crippen LogP contribution in [0.25, 0.3) is 11.3 Å². The lowest BCUT2D eigenvalue weighted by atomic mass is 10.2. The monoisotopic (exact) mass is 321 g/mol. The fraction of sp³-hybridized carbons (Fsp3) is 0.0588. The minimum Gasteiger partial charge on any atom is -0.481 e. The highest BCUT2D eigenvalue weighted by molar-refractivity contribution is 5.93. The Labute approximate surface area is 138 Å². The van der Waals surface area contributed by atoms with Gasteiger partial charge in [0.15, 0.2) is 0 Å². The summed E-state index contributed by atoms with van der Waals surface area (Å²) in [6.45, 7) is 0. The molecule has 0 unspecified atom stereocenters. The van der Waals surface area contributed by atoms with Gasteiger partial charge in [-0.2, -0.15) is 0 Å². The summed E-state index contributed by atoms with van der Waals surface area (Å²) >= 11 is 0. The maximum Gasteiger partial charge on any atom is 0.248 e. The van der Waals surface area contributed by atoms with E-state index in [2.05, 4.69) is 20.3 Å². The smallest absolute Gasteiger partial charge is 0.248 e. The van der Waals surface area contributed by atoms with E-state index >= 15 is 0 Å². The second-order valence-corrected chi connectivity index (χ2v) is 4.92. The number of methoxy groups -OCH3 is 1. The van der Waals surface area contributed by atoms with Gasteiger partial charge in [0.2, 0.25) is 17.7 Å². The molecule has 0 aliphatic rings. The highest BCUT2D eigenvalue weighted by Gasteiger charge is 2.06. The van der Waals surface area contributed by atoms with Gasteiger partial charge in [0.1, 0.15) is 0 Å². The third-order valence-electron chi connectivity index (χ3n) is 3.30. The van der Waals surface area contributed by atoms with Crippen LogP contribution in [-0.2, 0) is 0 Å². The zero-order chi connectivity index (χ0) is 16.9. The van der Waals surface area contributed by atoms with Crippen LogP contribution < -0.4 is 15.8 Å². The zero-order valence-electron chi connectivity index (χ0n) is 12.9. The van der Waals surface area contributed by atoms with Crippen LogP contribution in [0.2, 0.25) is 0 Å². The van der Waals surface area contributed by atoms with Crippen molar-refractivity contribution in [2.75, 3.05) is 12.4 Å². The third-order valence-corrected chi connectivity index (χ3v) is 3.30. The van der Waals surface area contributed by atoms with Crippen LogP contribution in [0, 0.1) is 0 Å². The fourth-order valence-electron chi connectivity index (χ4n) is 2.14. The lowest BCUT2D eigenvalue weighted by molar-refractivity contribution is 0.100. The summed E-state index contributed by atoms with van der Waals surface area (Å²) < 4.78 is 5.12. The predicted molar refractivity (Wildman–Crippen MR) is 90.1 cm³/mol. The molecule has 0 radical (unpaired) electrons. The lowest BCUT2D eigenvalue weighted by Gasteiger charge is -2.08. The molecule has 0 fully saturated rings. The number of hydrogen-bond acceptors (Lipinski definition) is 6. The maximum atomic E-state index is 11.3. The van der Waals surface area contributed by atoms with E-state index in [1.54, 1.807) is 55.9 Å². The second kappa shape index (κ2) is 6.74. The van der Waals surface area contributed by atoms with Crippen LogP contribution in [0.3, 0.4) is 0 Å². The van der Waals surface area contributed by atoms with Gasteiger partial charge in [0, 0.05) is 35.3 Å². The van der Waals surface area contributed by atoms with Crippen molar-refractivity contribution in [3.8, 4) is 17.1 Å². The number of carbonyl (C=O) groups excluding carboxylic acids is 1. The van der Waals surface area contributed by atoms with Gasteiger partial charge in [-0.1, -0.05) is 6.07 Å². The number of nitrogens with two attached hydrogens (primary N) is 1. The predicted octanol–water partition coefficient (Wildman–Crippen LogP) is 2.39. The Morgan fingerprint density at radius 1 is 1.12 bits per heavy atom. The van der Waals surface area contributed by atoms with Crippen molar-refractivity contribution in [1.29, 1.82) is 0 Å². The normalized spacial score (nSPS) is 10.2. The number of aromatic nitrogens is 3. The molecule has 1 amide bonds. The molecule has 2 aromatic heterocycles. The summed E-state index contributed by atoms with van der Waals surface area (Å²) in [6, 6.07) is 12.3. The average molecular weight is 321 g/mol. The zero-order valence-corrected chi connectivity index (χ0v) is 12.9. The summed E-state index contributed by atoms with van der Waals surface area (Å²) in [6.07, 6.45) is 3.30. The quantitative estimate of drug-likeness (QED) is 0.748. The van der Waals surface area contributed by atoms with Crippen LogP contribution in [0.5, 0.6) is 5.88 Å². The Morgan fingerprint density at radius 2 is 1.96 bits per heavy atom. The van der Waals surface area contributed by atoms with E-state index in [4.69, 9.17) is 10.5 Å². The second-order valence-electron chi connectivity index (χ2n) is 4.92. The van der Waals surface area contributed by atoms with Crippen LogP contribution in [-0.4, -0.2) is 28.0 Å². The summed E-state index contributed by atoms with van der Waals surface area (Å²) in [5, 5.41) is 3.06. The highest BCUT2D eigenvalue weighted by Crippen LogP contribution is 2.22. The summed E-state index contributed by atoms with van der Waals surface area (Å²) in [4.78, 5) is 24.0. The first-order valence-corrected chi connectivity index (χ1v) is 7.16. The van der Waals surface area contributed by atoms with Crippen molar-refractivity contribution in [3.63, 3.8) is 0 Å². The molecule has 24 heavy (non-hydrogen) atoms. The Kier molecular flexibility index (Phi) is 4.33. The average Bonchev–Trinajstić information content (AvgIpc) is 2.62. The van der Waals surface area contributed by atoms with E-state index in [0.29, 0.717) is 23.1 Å². The number of amides is 1. The molecule has 0 aliphatic heterocycles. The molecule has 7 heteroatoms. The number of hydrogen-bond donors (Lipinski definition) is 2. The van der Waals surface area contributed by atoms with Crippen molar-refractivity contribution in [1.82, 2.24) is 15.0 Å².